The van der Waals surface area contributed by atoms with E-state index in [-0.39, 0.29) is 0 Å². The largest absolute Gasteiger partial charge is 0.416 e. The highest BCUT2D eigenvalue weighted by atomic mass is 19.4. The van der Waals surface area contributed by atoms with Gasteiger partial charge in [0.15, 0.2) is 0 Å². The third-order valence-corrected chi connectivity index (χ3v) is 4.07. The molecule has 1 unspecified atom stereocenters. The molecule has 2 heterocycles. The Morgan fingerprint density at radius 1 is 1.00 bits per heavy atom. The van der Waals surface area contributed by atoms with E-state index in [1.807, 2.05) is 12.1 Å². The average molecular weight is 307 g/mol. The lowest BCUT2D eigenvalue weighted by molar-refractivity contribution is -0.137. The Bertz CT molecular complexity index is 634. The first-order valence-electron chi connectivity index (χ1n) is 7.25. The number of nitrogens with zero attached hydrogens (tertiary/aromatic N) is 1. The van der Waals surface area contributed by atoms with Crippen molar-refractivity contribution in [3.8, 4) is 0 Å². The fraction of sp³-hybridized carbons (Fsp3) is 0.353. The van der Waals surface area contributed by atoms with Crippen LogP contribution in [0.4, 0.5) is 13.2 Å². The third-order valence-electron chi connectivity index (χ3n) is 4.07. The molecular formula is C17H16F3NO. The van der Waals surface area contributed by atoms with Crippen molar-refractivity contribution >= 4 is 0 Å². The monoisotopic (exact) mass is 307 g/mol. The Kier molecular flexibility index (Phi) is 3.91. The van der Waals surface area contributed by atoms with Crippen LogP contribution in [0.3, 0.4) is 0 Å². The van der Waals surface area contributed by atoms with Crippen LogP contribution in [0.25, 0.3) is 0 Å². The van der Waals surface area contributed by atoms with Crippen molar-refractivity contribution < 1.29 is 17.9 Å². The van der Waals surface area contributed by atoms with Gasteiger partial charge in [0.1, 0.15) is 5.60 Å². The summed E-state index contributed by atoms with van der Waals surface area (Å²) in [6, 6.07) is 9.07. The van der Waals surface area contributed by atoms with Crippen LogP contribution in [0, 0.1) is 0 Å². The van der Waals surface area contributed by atoms with E-state index >= 15 is 0 Å². The van der Waals surface area contributed by atoms with Crippen LogP contribution in [0.2, 0.25) is 0 Å². The van der Waals surface area contributed by atoms with Gasteiger partial charge in [0.05, 0.1) is 5.56 Å². The van der Waals surface area contributed by atoms with Gasteiger partial charge in [-0.15, -0.1) is 0 Å². The smallest absolute Gasteiger partial charge is 0.366 e. The highest BCUT2D eigenvalue weighted by molar-refractivity contribution is 5.38. The van der Waals surface area contributed by atoms with E-state index in [9.17, 15) is 13.2 Å². The van der Waals surface area contributed by atoms with E-state index in [0.717, 1.165) is 24.5 Å². The van der Waals surface area contributed by atoms with Gasteiger partial charge in [-0.25, -0.2) is 0 Å². The quantitative estimate of drug-likeness (QED) is 0.812. The number of aromatic nitrogens is 1. The summed E-state index contributed by atoms with van der Waals surface area (Å²) >= 11 is 0. The van der Waals surface area contributed by atoms with Crippen LogP contribution < -0.4 is 0 Å². The minimum Gasteiger partial charge on any atom is -0.366 e. The molecule has 1 fully saturated rings. The minimum atomic E-state index is -4.36. The van der Waals surface area contributed by atoms with Crippen LogP contribution in [0.5, 0.6) is 0 Å². The normalized spacial score (nSPS) is 22.5. The first kappa shape index (κ1) is 15.0. The van der Waals surface area contributed by atoms with E-state index in [2.05, 4.69) is 4.98 Å². The number of pyridine rings is 1. The summed E-state index contributed by atoms with van der Waals surface area (Å²) in [5.41, 5.74) is -0.0648. The molecule has 1 saturated heterocycles. The van der Waals surface area contributed by atoms with Gasteiger partial charge in [-0.2, -0.15) is 13.2 Å². The molecule has 0 N–H and O–H groups in total. The molecule has 0 spiro atoms. The van der Waals surface area contributed by atoms with Gasteiger partial charge < -0.3 is 4.74 Å². The van der Waals surface area contributed by atoms with Crippen molar-refractivity contribution in [2.24, 2.45) is 0 Å². The zero-order valence-electron chi connectivity index (χ0n) is 11.9. The highest BCUT2D eigenvalue weighted by Crippen LogP contribution is 2.42. The fourth-order valence-electron chi connectivity index (χ4n) is 2.98. The molecule has 1 aromatic carbocycles. The van der Waals surface area contributed by atoms with Crippen LogP contribution in [-0.4, -0.2) is 11.6 Å². The number of rotatable bonds is 2. The molecule has 0 radical (unpaired) electrons. The molecule has 1 aliphatic heterocycles. The number of hydrogen-bond donors (Lipinski definition) is 0. The van der Waals surface area contributed by atoms with Gasteiger partial charge in [0.25, 0.3) is 0 Å². The molecule has 0 bridgehead atoms. The third kappa shape index (κ3) is 2.73. The summed E-state index contributed by atoms with van der Waals surface area (Å²) in [7, 11) is 0. The Balaban J connectivity index is 2.11. The number of hydrogen-bond acceptors (Lipinski definition) is 2. The average Bonchev–Trinajstić information content (AvgIpc) is 2.56. The molecule has 1 atom stereocenters. The summed E-state index contributed by atoms with van der Waals surface area (Å²) < 4.78 is 45.0. The first-order chi connectivity index (χ1) is 10.5. The number of alkyl halides is 3. The van der Waals surface area contributed by atoms with Gasteiger partial charge in [-0.05, 0) is 54.7 Å². The summed E-state index contributed by atoms with van der Waals surface area (Å²) in [5, 5.41) is 0. The van der Waals surface area contributed by atoms with Crippen molar-refractivity contribution in [1.29, 1.82) is 0 Å². The lowest BCUT2D eigenvalue weighted by Crippen LogP contribution is -2.35. The maximum atomic E-state index is 13.0. The number of halogens is 3. The molecule has 1 aliphatic rings. The van der Waals surface area contributed by atoms with Crippen molar-refractivity contribution in [3.05, 3.63) is 65.5 Å². The Morgan fingerprint density at radius 3 is 2.41 bits per heavy atom. The second-order valence-electron chi connectivity index (χ2n) is 5.45. The molecule has 3 rings (SSSR count). The molecule has 2 nitrogen and oxygen atoms in total. The van der Waals surface area contributed by atoms with Gasteiger partial charge in [0.2, 0.25) is 0 Å². The molecule has 1 aromatic heterocycles. The second kappa shape index (κ2) is 5.72. The first-order valence-corrected chi connectivity index (χ1v) is 7.25. The zero-order chi connectivity index (χ0) is 15.6. The Hall–Kier alpha value is -1.88. The summed E-state index contributed by atoms with van der Waals surface area (Å²) in [6.45, 7) is 0.540. The lowest BCUT2D eigenvalue weighted by atomic mass is 9.80. The second-order valence-corrected chi connectivity index (χ2v) is 5.45. The van der Waals surface area contributed by atoms with Crippen molar-refractivity contribution in [1.82, 2.24) is 4.98 Å². The van der Waals surface area contributed by atoms with Crippen LogP contribution in [0.1, 0.15) is 36.0 Å². The maximum absolute atomic E-state index is 13.0. The predicted octanol–water partition coefficient (Wildman–Crippen LogP) is 4.54. The van der Waals surface area contributed by atoms with Crippen LogP contribution >= 0.6 is 0 Å². The van der Waals surface area contributed by atoms with Crippen molar-refractivity contribution in [2.75, 3.05) is 6.61 Å². The van der Waals surface area contributed by atoms with Crippen LogP contribution in [0.15, 0.2) is 48.8 Å². The van der Waals surface area contributed by atoms with Gasteiger partial charge >= 0.3 is 6.18 Å². The van der Waals surface area contributed by atoms with E-state index in [0.29, 0.717) is 18.6 Å². The maximum Gasteiger partial charge on any atom is 0.416 e. The summed E-state index contributed by atoms with van der Waals surface area (Å²) in [5.74, 6) is 0. The SMILES string of the molecule is FC(F)(F)c1cccc(C2(c3ccncc3)CCCCO2)c1. The van der Waals surface area contributed by atoms with Crippen molar-refractivity contribution in [3.63, 3.8) is 0 Å². The van der Waals surface area contributed by atoms with E-state index in [4.69, 9.17) is 4.74 Å². The number of ether oxygens (including phenoxy) is 1. The predicted molar refractivity (Wildman–Crippen MR) is 76.3 cm³/mol. The van der Waals surface area contributed by atoms with Gasteiger partial charge in [0, 0.05) is 19.0 Å². The van der Waals surface area contributed by atoms with Gasteiger partial charge in [-0.1, -0.05) is 12.1 Å². The summed E-state index contributed by atoms with van der Waals surface area (Å²) in [6.07, 6.45) is 1.43. The topological polar surface area (TPSA) is 22.1 Å². The highest BCUT2D eigenvalue weighted by Gasteiger charge is 2.39. The molecule has 0 aliphatic carbocycles. The zero-order valence-corrected chi connectivity index (χ0v) is 11.9. The minimum absolute atomic E-state index is 0.540. The van der Waals surface area contributed by atoms with E-state index in [1.54, 1.807) is 18.5 Å². The lowest BCUT2D eigenvalue weighted by Gasteiger charge is -2.38. The molecule has 0 amide bonds. The Morgan fingerprint density at radius 2 is 1.77 bits per heavy atom. The fourth-order valence-corrected chi connectivity index (χ4v) is 2.98. The molecule has 116 valence electrons. The summed E-state index contributed by atoms with van der Waals surface area (Å²) in [4.78, 5) is 3.99. The van der Waals surface area contributed by atoms with Crippen LogP contribution in [-0.2, 0) is 16.5 Å². The standard InChI is InChI=1S/C17H16F3NO/c18-17(19,20)15-5-3-4-14(12-15)16(8-1-2-11-22-16)13-6-9-21-10-7-13/h3-7,9-10,12H,1-2,8,11H2. The molecule has 22 heavy (non-hydrogen) atoms. The van der Waals surface area contributed by atoms with Gasteiger partial charge in [-0.3, -0.25) is 4.98 Å². The van der Waals surface area contributed by atoms with Crippen molar-refractivity contribution in [2.45, 2.75) is 31.0 Å². The molecule has 5 heteroatoms. The molecular weight excluding hydrogens is 291 g/mol. The van der Waals surface area contributed by atoms with E-state index in [1.165, 1.54) is 12.1 Å². The molecule has 0 saturated carbocycles. The van der Waals surface area contributed by atoms with E-state index < -0.39 is 17.3 Å². The Labute approximate surface area is 127 Å². The number of benzene rings is 1. The molecule has 2 aromatic rings.